The second-order valence-electron chi connectivity index (χ2n) is 5.57. The van der Waals surface area contributed by atoms with Gasteiger partial charge in [0.2, 0.25) is 11.8 Å². The second-order valence-corrected chi connectivity index (χ2v) is 5.57. The van der Waals surface area contributed by atoms with Crippen LogP contribution in [-0.2, 0) is 9.59 Å². The summed E-state index contributed by atoms with van der Waals surface area (Å²) in [5, 5.41) is 2.35. The quantitative estimate of drug-likeness (QED) is 0.930. The maximum Gasteiger partial charge on any atom is 0.244 e. The summed E-state index contributed by atoms with van der Waals surface area (Å²) < 4.78 is 26.5. The number of aryl methyl sites for hydroxylation is 2. The zero-order chi connectivity index (χ0) is 17.9. The third-order valence-electron chi connectivity index (χ3n) is 3.53. The number of carbonyl (C=O) groups excluding carboxylic acids is 2. The summed E-state index contributed by atoms with van der Waals surface area (Å²) in [6.07, 6.45) is 0. The Morgan fingerprint density at radius 2 is 1.79 bits per heavy atom. The molecule has 0 radical (unpaired) electrons. The Morgan fingerprint density at radius 3 is 2.38 bits per heavy atom. The van der Waals surface area contributed by atoms with E-state index >= 15 is 0 Å². The Morgan fingerprint density at radius 1 is 1.08 bits per heavy atom. The predicted octanol–water partition coefficient (Wildman–Crippen LogP) is 3.57. The molecule has 0 fully saturated rings. The van der Waals surface area contributed by atoms with Gasteiger partial charge in [-0.2, -0.15) is 0 Å². The highest BCUT2D eigenvalue weighted by Gasteiger charge is 2.18. The van der Waals surface area contributed by atoms with E-state index in [0.717, 1.165) is 23.3 Å². The summed E-state index contributed by atoms with van der Waals surface area (Å²) >= 11 is 0. The van der Waals surface area contributed by atoms with Crippen molar-refractivity contribution in [2.45, 2.75) is 20.8 Å². The summed E-state index contributed by atoms with van der Waals surface area (Å²) in [6.45, 7) is 4.86. The van der Waals surface area contributed by atoms with Crippen molar-refractivity contribution in [3.8, 4) is 0 Å². The number of rotatable bonds is 4. The lowest BCUT2D eigenvalue weighted by molar-refractivity contribution is -0.120. The van der Waals surface area contributed by atoms with Crippen LogP contribution >= 0.6 is 0 Å². The predicted molar refractivity (Wildman–Crippen MR) is 88.9 cm³/mol. The Hall–Kier alpha value is -2.76. The molecule has 0 aliphatic heterocycles. The van der Waals surface area contributed by atoms with Crippen LogP contribution in [0, 0.1) is 25.5 Å². The number of hydrogen-bond acceptors (Lipinski definition) is 2. The third kappa shape index (κ3) is 4.16. The molecule has 0 heterocycles. The Balaban J connectivity index is 2.18. The average molecular weight is 332 g/mol. The monoisotopic (exact) mass is 332 g/mol. The van der Waals surface area contributed by atoms with Gasteiger partial charge in [0, 0.05) is 18.7 Å². The molecule has 0 atom stereocenters. The van der Waals surface area contributed by atoms with Gasteiger partial charge in [-0.1, -0.05) is 17.7 Å². The molecule has 2 aromatic rings. The van der Waals surface area contributed by atoms with Gasteiger partial charge in [0.25, 0.3) is 0 Å². The van der Waals surface area contributed by atoms with Crippen molar-refractivity contribution < 1.29 is 18.4 Å². The van der Waals surface area contributed by atoms with E-state index in [4.69, 9.17) is 0 Å². The zero-order valence-electron chi connectivity index (χ0n) is 13.7. The van der Waals surface area contributed by atoms with Crippen LogP contribution < -0.4 is 10.2 Å². The molecule has 24 heavy (non-hydrogen) atoms. The van der Waals surface area contributed by atoms with E-state index in [2.05, 4.69) is 5.32 Å². The molecule has 0 aliphatic rings. The van der Waals surface area contributed by atoms with Gasteiger partial charge in [-0.15, -0.1) is 0 Å². The van der Waals surface area contributed by atoms with Crippen LogP contribution in [0.1, 0.15) is 18.1 Å². The first-order valence-corrected chi connectivity index (χ1v) is 7.38. The molecule has 6 heteroatoms. The highest BCUT2D eigenvalue weighted by Crippen LogP contribution is 2.22. The average Bonchev–Trinajstić information content (AvgIpc) is 2.48. The minimum atomic E-state index is -0.871. The minimum absolute atomic E-state index is 0.134. The number of halogens is 2. The Kier molecular flexibility index (Phi) is 5.28. The van der Waals surface area contributed by atoms with E-state index in [1.807, 2.05) is 26.0 Å². The summed E-state index contributed by atoms with van der Waals surface area (Å²) in [7, 11) is 0. The molecule has 0 aromatic heterocycles. The first-order chi connectivity index (χ1) is 11.3. The van der Waals surface area contributed by atoms with E-state index in [1.165, 1.54) is 11.8 Å². The normalized spacial score (nSPS) is 10.4. The zero-order valence-corrected chi connectivity index (χ0v) is 13.7. The summed E-state index contributed by atoms with van der Waals surface area (Å²) in [5.74, 6) is -2.48. The Bertz CT molecular complexity index is 791. The topological polar surface area (TPSA) is 49.4 Å². The lowest BCUT2D eigenvalue weighted by Gasteiger charge is -2.23. The highest BCUT2D eigenvalue weighted by atomic mass is 19.1. The van der Waals surface area contributed by atoms with Gasteiger partial charge in [-0.25, -0.2) is 8.78 Å². The van der Waals surface area contributed by atoms with E-state index in [1.54, 1.807) is 6.07 Å². The number of anilines is 2. The van der Waals surface area contributed by atoms with Gasteiger partial charge in [0.1, 0.15) is 18.2 Å². The molecule has 0 spiro atoms. The van der Waals surface area contributed by atoms with Crippen molar-refractivity contribution in [2.75, 3.05) is 16.8 Å². The molecule has 126 valence electrons. The maximum absolute atomic E-state index is 13.6. The fourth-order valence-electron chi connectivity index (χ4n) is 2.40. The van der Waals surface area contributed by atoms with Crippen LogP contribution in [0.3, 0.4) is 0 Å². The number of nitrogens with zero attached hydrogens (tertiary/aromatic N) is 1. The summed E-state index contributed by atoms with van der Waals surface area (Å²) in [4.78, 5) is 25.4. The van der Waals surface area contributed by atoms with Gasteiger partial charge in [0.15, 0.2) is 0 Å². The van der Waals surface area contributed by atoms with Crippen LogP contribution in [0.5, 0.6) is 0 Å². The molecule has 0 bridgehead atoms. The van der Waals surface area contributed by atoms with Crippen LogP contribution in [-0.4, -0.2) is 18.4 Å². The molecular formula is C18H18F2N2O2. The van der Waals surface area contributed by atoms with Crippen molar-refractivity contribution >= 4 is 23.2 Å². The molecular weight excluding hydrogens is 314 g/mol. The lowest BCUT2D eigenvalue weighted by atomic mass is 10.1. The fourth-order valence-corrected chi connectivity index (χ4v) is 2.40. The fraction of sp³-hybridized carbons (Fsp3) is 0.222. The molecule has 0 saturated carbocycles. The van der Waals surface area contributed by atoms with Crippen LogP contribution in [0.2, 0.25) is 0 Å². The van der Waals surface area contributed by atoms with Crippen molar-refractivity contribution in [3.05, 3.63) is 59.2 Å². The van der Waals surface area contributed by atoms with Crippen molar-refractivity contribution in [2.24, 2.45) is 0 Å². The van der Waals surface area contributed by atoms with Crippen LogP contribution in [0.25, 0.3) is 0 Å². The van der Waals surface area contributed by atoms with Crippen molar-refractivity contribution in [3.63, 3.8) is 0 Å². The third-order valence-corrected chi connectivity index (χ3v) is 3.53. The minimum Gasteiger partial charge on any atom is -0.322 e. The summed E-state index contributed by atoms with van der Waals surface area (Å²) in [5.41, 5.74) is 2.37. The number of carbonyl (C=O) groups is 2. The SMILES string of the molecule is CC(=O)N(CC(=O)Nc1ccc(F)cc1F)c1ccc(C)cc1C. The van der Waals surface area contributed by atoms with Gasteiger partial charge in [-0.05, 0) is 37.6 Å². The standard InChI is InChI=1S/C18H18F2N2O2/c1-11-4-7-17(12(2)8-11)22(13(3)23)10-18(24)21-16-6-5-14(19)9-15(16)20/h4-9H,10H2,1-3H3,(H,21,24). The number of nitrogens with one attached hydrogen (secondary N) is 1. The molecule has 2 rings (SSSR count). The lowest BCUT2D eigenvalue weighted by Crippen LogP contribution is -2.37. The van der Waals surface area contributed by atoms with Gasteiger partial charge >= 0.3 is 0 Å². The van der Waals surface area contributed by atoms with Gasteiger partial charge < -0.3 is 10.2 Å². The number of hydrogen-bond donors (Lipinski definition) is 1. The van der Waals surface area contributed by atoms with Crippen molar-refractivity contribution in [1.82, 2.24) is 0 Å². The van der Waals surface area contributed by atoms with E-state index < -0.39 is 17.5 Å². The molecule has 0 aliphatic carbocycles. The van der Waals surface area contributed by atoms with E-state index in [9.17, 15) is 18.4 Å². The molecule has 2 aromatic carbocycles. The molecule has 4 nitrogen and oxygen atoms in total. The molecule has 2 amide bonds. The van der Waals surface area contributed by atoms with Crippen molar-refractivity contribution in [1.29, 1.82) is 0 Å². The number of amides is 2. The summed E-state index contributed by atoms with van der Waals surface area (Å²) in [6, 6.07) is 8.38. The molecule has 0 saturated heterocycles. The van der Waals surface area contributed by atoms with Crippen LogP contribution in [0.15, 0.2) is 36.4 Å². The Labute approximate surface area is 139 Å². The van der Waals surface area contributed by atoms with Crippen LogP contribution in [0.4, 0.5) is 20.2 Å². The van der Waals surface area contributed by atoms with E-state index in [-0.39, 0.29) is 18.1 Å². The van der Waals surface area contributed by atoms with Gasteiger partial charge in [-0.3, -0.25) is 9.59 Å². The van der Waals surface area contributed by atoms with Gasteiger partial charge in [0.05, 0.1) is 5.69 Å². The largest absolute Gasteiger partial charge is 0.322 e. The maximum atomic E-state index is 13.6. The first kappa shape index (κ1) is 17.6. The second kappa shape index (κ2) is 7.21. The number of benzene rings is 2. The molecule has 0 unspecified atom stereocenters. The smallest absolute Gasteiger partial charge is 0.244 e. The van der Waals surface area contributed by atoms with E-state index in [0.29, 0.717) is 11.8 Å². The first-order valence-electron chi connectivity index (χ1n) is 7.38. The highest BCUT2D eigenvalue weighted by molar-refractivity contribution is 6.02. The molecule has 1 N–H and O–H groups in total.